The summed E-state index contributed by atoms with van der Waals surface area (Å²) in [6.07, 6.45) is 3.87. The van der Waals surface area contributed by atoms with Crippen molar-refractivity contribution in [2.75, 3.05) is 19.6 Å². The molecule has 1 rings (SSSR count). The second kappa shape index (κ2) is 6.68. The number of hydrogen-bond acceptors (Lipinski definition) is 3. The molecule has 0 aliphatic carbocycles. The first kappa shape index (κ1) is 14.9. The van der Waals surface area contributed by atoms with Crippen molar-refractivity contribution < 1.29 is 8.42 Å². The van der Waals surface area contributed by atoms with Crippen molar-refractivity contribution in [3.63, 3.8) is 0 Å². The van der Waals surface area contributed by atoms with Crippen molar-refractivity contribution in [2.45, 2.75) is 45.6 Å². The second-order valence-electron chi connectivity index (χ2n) is 5.20. The Morgan fingerprint density at radius 1 is 1.24 bits per heavy atom. The van der Waals surface area contributed by atoms with E-state index in [0.29, 0.717) is 25.6 Å². The van der Waals surface area contributed by atoms with Gasteiger partial charge < -0.3 is 5.73 Å². The first-order valence-electron chi connectivity index (χ1n) is 6.42. The topological polar surface area (TPSA) is 75.4 Å². The van der Waals surface area contributed by atoms with Gasteiger partial charge in [0.25, 0.3) is 10.2 Å². The van der Waals surface area contributed by atoms with E-state index in [4.69, 9.17) is 5.73 Å². The van der Waals surface area contributed by atoms with E-state index in [0.717, 1.165) is 25.7 Å². The molecule has 0 aromatic carbocycles. The van der Waals surface area contributed by atoms with Crippen LogP contribution in [0.4, 0.5) is 0 Å². The van der Waals surface area contributed by atoms with Crippen molar-refractivity contribution in [3.8, 4) is 0 Å². The van der Waals surface area contributed by atoms with Gasteiger partial charge in [-0.3, -0.25) is 0 Å². The van der Waals surface area contributed by atoms with Gasteiger partial charge in [-0.05, 0) is 25.2 Å². The Morgan fingerprint density at radius 2 is 1.82 bits per heavy atom. The maximum absolute atomic E-state index is 11.9. The van der Waals surface area contributed by atoms with Crippen LogP contribution in [0.5, 0.6) is 0 Å². The molecule has 0 radical (unpaired) electrons. The standard InChI is InChI=1S/C11H25N3O2S/c1-10(2)8-11(12)9-13-17(15,16)14-6-4-3-5-7-14/h10-11,13H,3-9,12H2,1-2H3. The summed E-state index contributed by atoms with van der Waals surface area (Å²) in [5, 5.41) is 0. The largest absolute Gasteiger partial charge is 0.327 e. The molecule has 1 saturated heterocycles. The van der Waals surface area contributed by atoms with Crippen LogP contribution in [-0.4, -0.2) is 38.4 Å². The normalized spacial score (nSPS) is 20.7. The van der Waals surface area contributed by atoms with E-state index >= 15 is 0 Å². The number of rotatable bonds is 6. The van der Waals surface area contributed by atoms with Crippen molar-refractivity contribution in [1.29, 1.82) is 0 Å². The van der Waals surface area contributed by atoms with E-state index in [1.807, 2.05) is 0 Å². The van der Waals surface area contributed by atoms with Crippen LogP contribution in [0, 0.1) is 5.92 Å². The Hall–Kier alpha value is -0.170. The molecule has 3 N–H and O–H groups in total. The molecule has 0 spiro atoms. The highest BCUT2D eigenvalue weighted by molar-refractivity contribution is 7.87. The summed E-state index contributed by atoms with van der Waals surface area (Å²) in [6.45, 7) is 5.76. The lowest BCUT2D eigenvalue weighted by atomic mass is 10.1. The highest BCUT2D eigenvalue weighted by atomic mass is 32.2. The maximum atomic E-state index is 11.9. The van der Waals surface area contributed by atoms with Gasteiger partial charge in [-0.25, -0.2) is 4.72 Å². The Bertz CT molecular complexity index is 311. The van der Waals surface area contributed by atoms with Gasteiger partial charge in [0.2, 0.25) is 0 Å². The Morgan fingerprint density at radius 3 is 2.35 bits per heavy atom. The van der Waals surface area contributed by atoms with Crippen LogP contribution in [0.25, 0.3) is 0 Å². The summed E-state index contributed by atoms with van der Waals surface area (Å²) in [5.41, 5.74) is 5.87. The number of nitrogens with one attached hydrogen (secondary N) is 1. The van der Waals surface area contributed by atoms with E-state index in [-0.39, 0.29) is 6.04 Å². The van der Waals surface area contributed by atoms with Gasteiger partial charge in [0, 0.05) is 25.7 Å². The summed E-state index contributed by atoms with van der Waals surface area (Å²) in [6, 6.07) is -0.102. The molecule has 1 fully saturated rings. The Kier molecular flexibility index (Phi) is 5.85. The van der Waals surface area contributed by atoms with Gasteiger partial charge in [0.1, 0.15) is 0 Å². The Balaban J connectivity index is 2.38. The third-order valence-electron chi connectivity index (χ3n) is 2.96. The molecule has 1 aliphatic heterocycles. The van der Waals surface area contributed by atoms with Crippen molar-refractivity contribution >= 4 is 10.2 Å². The second-order valence-corrected chi connectivity index (χ2v) is 6.96. The predicted molar refractivity (Wildman–Crippen MR) is 69.8 cm³/mol. The third kappa shape index (κ3) is 5.33. The van der Waals surface area contributed by atoms with Gasteiger partial charge in [-0.15, -0.1) is 0 Å². The van der Waals surface area contributed by atoms with Crippen molar-refractivity contribution in [1.82, 2.24) is 9.03 Å². The molecule has 0 aromatic heterocycles. The number of nitrogens with two attached hydrogens (primary N) is 1. The van der Waals surface area contributed by atoms with Crippen LogP contribution < -0.4 is 10.5 Å². The fourth-order valence-electron chi connectivity index (χ4n) is 2.10. The average molecular weight is 263 g/mol. The molecule has 0 aromatic rings. The molecular formula is C11H25N3O2S. The lowest BCUT2D eigenvalue weighted by Crippen LogP contribution is -2.47. The molecule has 17 heavy (non-hydrogen) atoms. The zero-order chi connectivity index (χ0) is 12.9. The molecule has 0 bridgehead atoms. The summed E-state index contributed by atoms with van der Waals surface area (Å²) in [7, 11) is -3.31. The van der Waals surface area contributed by atoms with Crippen molar-refractivity contribution in [3.05, 3.63) is 0 Å². The zero-order valence-electron chi connectivity index (χ0n) is 10.9. The summed E-state index contributed by atoms with van der Waals surface area (Å²) >= 11 is 0. The average Bonchev–Trinajstić information content (AvgIpc) is 2.27. The van der Waals surface area contributed by atoms with Crippen LogP contribution in [0.3, 0.4) is 0 Å². The van der Waals surface area contributed by atoms with Crippen molar-refractivity contribution in [2.24, 2.45) is 11.7 Å². The molecule has 0 amide bonds. The van der Waals surface area contributed by atoms with Crippen LogP contribution in [-0.2, 0) is 10.2 Å². The van der Waals surface area contributed by atoms with Gasteiger partial charge in [-0.2, -0.15) is 12.7 Å². The first-order chi connectivity index (χ1) is 7.92. The Labute approximate surface area is 105 Å². The number of hydrogen-bond donors (Lipinski definition) is 2. The molecule has 1 unspecified atom stereocenters. The fourth-order valence-corrected chi connectivity index (χ4v) is 3.44. The van der Waals surface area contributed by atoms with E-state index < -0.39 is 10.2 Å². The molecular weight excluding hydrogens is 238 g/mol. The first-order valence-corrected chi connectivity index (χ1v) is 7.86. The van der Waals surface area contributed by atoms with Crippen LogP contribution >= 0.6 is 0 Å². The fraction of sp³-hybridized carbons (Fsp3) is 1.00. The lowest BCUT2D eigenvalue weighted by molar-refractivity contribution is 0.340. The highest BCUT2D eigenvalue weighted by Crippen LogP contribution is 2.12. The minimum atomic E-state index is -3.31. The van der Waals surface area contributed by atoms with Crippen LogP contribution in [0.15, 0.2) is 0 Å². The summed E-state index contributed by atoms with van der Waals surface area (Å²) < 4.78 is 28.0. The number of nitrogens with zero attached hydrogens (tertiary/aromatic N) is 1. The molecule has 6 heteroatoms. The molecule has 1 heterocycles. The maximum Gasteiger partial charge on any atom is 0.279 e. The van der Waals surface area contributed by atoms with E-state index in [2.05, 4.69) is 18.6 Å². The van der Waals surface area contributed by atoms with E-state index in [1.165, 1.54) is 4.31 Å². The smallest absolute Gasteiger partial charge is 0.279 e. The third-order valence-corrected chi connectivity index (χ3v) is 4.53. The highest BCUT2D eigenvalue weighted by Gasteiger charge is 2.23. The van der Waals surface area contributed by atoms with E-state index in [9.17, 15) is 8.42 Å². The lowest BCUT2D eigenvalue weighted by Gasteiger charge is -2.26. The molecule has 5 nitrogen and oxygen atoms in total. The number of piperidine rings is 1. The van der Waals surface area contributed by atoms with Crippen LogP contribution in [0.2, 0.25) is 0 Å². The predicted octanol–water partition coefficient (Wildman–Crippen LogP) is 0.680. The zero-order valence-corrected chi connectivity index (χ0v) is 11.7. The monoisotopic (exact) mass is 263 g/mol. The van der Waals surface area contributed by atoms with Gasteiger partial charge >= 0.3 is 0 Å². The minimum Gasteiger partial charge on any atom is -0.327 e. The van der Waals surface area contributed by atoms with Gasteiger partial charge in [0.05, 0.1) is 0 Å². The van der Waals surface area contributed by atoms with E-state index in [1.54, 1.807) is 0 Å². The quantitative estimate of drug-likeness (QED) is 0.740. The van der Waals surface area contributed by atoms with Gasteiger partial charge in [0.15, 0.2) is 0 Å². The van der Waals surface area contributed by atoms with Gasteiger partial charge in [-0.1, -0.05) is 20.3 Å². The summed E-state index contributed by atoms with van der Waals surface area (Å²) in [4.78, 5) is 0. The minimum absolute atomic E-state index is 0.102. The van der Waals surface area contributed by atoms with Crippen LogP contribution in [0.1, 0.15) is 39.5 Å². The molecule has 1 atom stereocenters. The molecule has 102 valence electrons. The molecule has 0 saturated carbocycles. The molecule has 1 aliphatic rings. The summed E-state index contributed by atoms with van der Waals surface area (Å²) in [5.74, 6) is 0.490. The SMILES string of the molecule is CC(C)CC(N)CNS(=O)(=O)N1CCCCC1.